The number of aromatic nitrogens is 4. The topological polar surface area (TPSA) is 96.4 Å². The highest BCUT2D eigenvalue weighted by atomic mass is 16.5. The fourth-order valence-corrected chi connectivity index (χ4v) is 3.09. The number of anilines is 4. The molecule has 0 radical (unpaired) electrons. The Labute approximate surface area is 168 Å². The number of carbonyl (C=O) groups is 1. The summed E-state index contributed by atoms with van der Waals surface area (Å²) in [6, 6.07) is 10.7. The molecule has 0 amide bonds. The molecular weight excluding hydrogens is 370 g/mol. The zero-order valence-electron chi connectivity index (χ0n) is 16.0. The molecule has 0 unspecified atom stereocenters. The Bertz CT molecular complexity index is 958. The number of nitrogens with one attached hydrogen (secondary N) is 1. The van der Waals surface area contributed by atoms with Gasteiger partial charge >= 0.3 is 5.97 Å². The van der Waals surface area contributed by atoms with Gasteiger partial charge in [0.15, 0.2) is 0 Å². The molecule has 1 aliphatic heterocycles. The molecule has 1 aromatic carbocycles. The third-order valence-electron chi connectivity index (χ3n) is 4.62. The minimum atomic E-state index is -0.360. The second-order valence-electron chi connectivity index (χ2n) is 6.46. The van der Waals surface area contributed by atoms with Crippen molar-refractivity contribution in [3.63, 3.8) is 0 Å². The van der Waals surface area contributed by atoms with E-state index in [-0.39, 0.29) is 5.97 Å². The predicted molar refractivity (Wildman–Crippen MR) is 110 cm³/mol. The summed E-state index contributed by atoms with van der Waals surface area (Å²) in [5, 5.41) is 3.24. The lowest BCUT2D eigenvalue weighted by atomic mass is 10.2. The van der Waals surface area contributed by atoms with Crippen LogP contribution < -0.4 is 15.1 Å². The normalized spacial score (nSPS) is 13.8. The lowest BCUT2D eigenvalue weighted by Gasteiger charge is -2.34. The van der Waals surface area contributed by atoms with E-state index in [4.69, 9.17) is 4.74 Å². The number of carbonyl (C=O) groups excluding carboxylic acids is 1. The van der Waals surface area contributed by atoms with Crippen LogP contribution in [0.3, 0.4) is 0 Å². The average Bonchev–Trinajstić information content (AvgIpc) is 2.80. The summed E-state index contributed by atoms with van der Waals surface area (Å²) in [6.45, 7) is 3.19. The highest BCUT2D eigenvalue weighted by molar-refractivity contribution is 5.89. The molecule has 29 heavy (non-hydrogen) atoms. The maximum absolute atomic E-state index is 11.5. The lowest BCUT2D eigenvalue weighted by Crippen LogP contribution is -2.47. The summed E-state index contributed by atoms with van der Waals surface area (Å²) in [4.78, 5) is 33.5. The van der Waals surface area contributed by atoms with Gasteiger partial charge in [-0.05, 0) is 36.4 Å². The van der Waals surface area contributed by atoms with Crippen molar-refractivity contribution in [1.29, 1.82) is 0 Å². The molecule has 1 N–H and O–H groups in total. The van der Waals surface area contributed by atoms with Gasteiger partial charge in [0.1, 0.15) is 5.82 Å². The van der Waals surface area contributed by atoms with E-state index < -0.39 is 0 Å². The molecule has 4 rings (SSSR count). The van der Waals surface area contributed by atoms with Gasteiger partial charge in [-0.3, -0.25) is 0 Å². The number of ether oxygens (including phenoxy) is 1. The number of methoxy groups -OCH3 is 1. The maximum Gasteiger partial charge on any atom is 0.337 e. The van der Waals surface area contributed by atoms with E-state index in [0.717, 1.165) is 37.8 Å². The van der Waals surface area contributed by atoms with Gasteiger partial charge in [-0.15, -0.1) is 0 Å². The zero-order valence-corrected chi connectivity index (χ0v) is 16.0. The molecule has 1 aliphatic rings. The summed E-state index contributed by atoms with van der Waals surface area (Å²) in [5.41, 5.74) is 1.33. The van der Waals surface area contributed by atoms with E-state index in [1.165, 1.54) is 7.11 Å². The molecule has 148 valence electrons. The summed E-state index contributed by atoms with van der Waals surface area (Å²) in [7, 11) is 1.36. The third kappa shape index (κ3) is 4.40. The molecule has 0 aliphatic carbocycles. The molecule has 0 spiro atoms. The number of benzene rings is 1. The van der Waals surface area contributed by atoms with Crippen molar-refractivity contribution in [1.82, 2.24) is 19.9 Å². The van der Waals surface area contributed by atoms with Gasteiger partial charge in [0, 0.05) is 50.5 Å². The molecule has 9 nitrogen and oxygen atoms in total. The molecule has 3 heterocycles. The fraction of sp³-hybridized carbons (Fsp3) is 0.250. The van der Waals surface area contributed by atoms with Crippen LogP contribution in [0.5, 0.6) is 0 Å². The standard InChI is InChI=1S/C20H21N7O2/c1-29-18(28)15-3-5-16(6-4-15)24-17-7-10-23-20(25-17)27-13-11-26(12-14-27)19-21-8-2-9-22-19/h2-10H,11-14H2,1H3,(H,23,24,25). The van der Waals surface area contributed by atoms with E-state index >= 15 is 0 Å². The second-order valence-corrected chi connectivity index (χ2v) is 6.46. The van der Waals surface area contributed by atoms with Crippen LogP contribution in [0.25, 0.3) is 0 Å². The first kappa shape index (κ1) is 18.6. The quantitative estimate of drug-likeness (QED) is 0.656. The average molecular weight is 391 g/mol. The van der Waals surface area contributed by atoms with E-state index in [1.54, 1.807) is 30.7 Å². The van der Waals surface area contributed by atoms with Gasteiger partial charge in [0.05, 0.1) is 12.7 Å². The van der Waals surface area contributed by atoms with Crippen molar-refractivity contribution < 1.29 is 9.53 Å². The van der Waals surface area contributed by atoms with Crippen molar-refractivity contribution in [2.75, 3.05) is 48.4 Å². The van der Waals surface area contributed by atoms with Crippen molar-refractivity contribution in [2.45, 2.75) is 0 Å². The minimum Gasteiger partial charge on any atom is -0.465 e. The number of hydrogen-bond donors (Lipinski definition) is 1. The van der Waals surface area contributed by atoms with E-state index in [2.05, 4.69) is 35.1 Å². The number of hydrogen-bond acceptors (Lipinski definition) is 9. The molecule has 3 aromatic rings. The maximum atomic E-state index is 11.5. The first-order valence-corrected chi connectivity index (χ1v) is 9.28. The van der Waals surface area contributed by atoms with Gasteiger partial charge in [0.25, 0.3) is 0 Å². The van der Waals surface area contributed by atoms with E-state index in [0.29, 0.717) is 17.3 Å². The van der Waals surface area contributed by atoms with Crippen LogP contribution in [0.2, 0.25) is 0 Å². The SMILES string of the molecule is COC(=O)c1ccc(Nc2ccnc(N3CCN(c4ncccn4)CC3)n2)cc1. The molecule has 0 bridgehead atoms. The smallest absolute Gasteiger partial charge is 0.337 e. The Morgan fingerprint density at radius 3 is 2.17 bits per heavy atom. The monoisotopic (exact) mass is 391 g/mol. The van der Waals surface area contributed by atoms with Gasteiger partial charge in [-0.2, -0.15) is 4.98 Å². The van der Waals surface area contributed by atoms with Crippen molar-refractivity contribution >= 4 is 29.4 Å². The van der Waals surface area contributed by atoms with Crippen molar-refractivity contribution in [3.05, 3.63) is 60.6 Å². The summed E-state index contributed by atoms with van der Waals surface area (Å²) in [5.74, 6) is 1.75. The van der Waals surface area contributed by atoms with E-state index in [1.807, 2.05) is 24.3 Å². The lowest BCUT2D eigenvalue weighted by molar-refractivity contribution is 0.0601. The van der Waals surface area contributed by atoms with Gasteiger partial charge in [0.2, 0.25) is 11.9 Å². The molecular formula is C20H21N7O2. The molecule has 0 saturated carbocycles. The first-order valence-electron chi connectivity index (χ1n) is 9.28. The van der Waals surface area contributed by atoms with Crippen LogP contribution in [-0.2, 0) is 4.74 Å². The first-order chi connectivity index (χ1) is 14.2. The summed E-state index contributed by atoms with van der Waals surface area (Å²) in [6.07, 6.45) is 5.25. The molecule has 0 atom stereocenters. The van der Waals surface area contributed by atoms with Crippen LogP contribution in [-0.4, -0.2) is 59.2 Å². The highest BCUT2D eigenvalue weighted by Crippen LogP contribution is 2.19. The molecule has 2 aromatic heterocycles. The molecule has 9 heteroatoms. The fourth-order valence-electron chi connectivity index (χ4n) is 3.09. The number of nitrogens with zero attached hydrogens (tertiary/aromatic N) is 6. The molecule has 1 saturated heterocycles. The second kappa shape index (κ2) is 8.51. The van der Waals surface area contributed by atoms with Gasteiger partial charge < -0.3 is 19.9 Å². The van der Waals surface area contributed by atoms with Crippen molar-refractivity contribution in [2.24, 2.45) is 0 Å². The zero-order chi connectivity index (χ0) is 20.1. The minimum absolute atomic E-state index is 0.360. The number of rotatable bonds is 5. The van der Waals surface area contributed by atoms with Crippen molar-refractivity contribution in [3.8, 4) is 0 Å². The Morgan fingerprint density at radius 1 is 0.897 bits per heavy atom. The summed E-state index contributed by atoms with van der Waals surface area (Å²) < 4.78 is 4.72. The van der Waals surface area contributed by atoms with Crippen LogP contribution in [0, 0.1) is 0 Å². The Kier molecular flexibility index (Phi) is 5.46. The van der Waals surface area contributed by atoms with E-state index in [9.17, 15) is 4.79 Å². The van der Waals surface area contributed by atoms with Crippen LogP contribution in [0.15, 0.2) is 55.0 Å². The van der Waals surface area contributed by atoms with Gasteiger partial charge in [-0.1, -0.05) is 0 Å². The predicted octanol–water partition coefficient (Wildman–Crippen LogP) is 2.12. The highest BCUT2D eigenvalue weighted by Gasteiger charge is 2.20. The van der Waals surface area contributed by atoms with Crippen LogP contribution >= 0.6 is 0 Å². The molecule has 1 fully saturated rings. The third-order valence-corrected chi connectivity index (χ3v) is 4.62. The Morgan fingerprint density at radius 2 is 1.52 bits per heavy atom. The Balaban J connectivity index is 1.39. The summed E-state index contributed by atoms with van der Waals surface area (Å²) >= 11 is 0. The number of piperazine rings is 1. The van der Waals surface area contributed by atoms with Gasteiger partial charge in [-0.25, -0.2) is 19.7 Å². The van der Waals surface area contributed by atoms with Crippen LogP contribution in [0.1, 0.15) is 10.4 Å². The Hall–Kier alpha value is -3.75. The van der Waals surface area contributed by atoms with Crippen LogP contribution in [0.4, 0.5) is 23.4 Å². The number of esters is 1. The largest absolute Gasteiger partial charge is 0.465 e.